The van der Waals surface area contributed by atoms with Crippen LogP contribution in [0.15, 0.2) is 12.3 Å². The van der Waals surface area contributed by atoms with Gasteiger partial charge in [-0.3, -0.25) is 9.78 Å². The van der Waals surface area contributed by atoms with Gasteiger partial charge in [-0.15, -0.1) is 0 Å². The SMILES string of the molecule is COc1ccnc(CC(N)=O)c1OC. The van der Waals surface area contributed by atoms with Crippen LogP contribution in [0.4, 0.5) is 0 Å². The van der Waals surface area contributed by atoms with Crippen LogP contribution >= 0.6 is 0 Å². The summed E-state index contributed by atoms with van der Waals surface area (Å²) in [6.45, 7) is 0. The van der Waals surface area contributed by atoms with E-state index in [-0.39, 0.29) is 6.42 Å². The van der Waals surface area contributed by atoms with E-state index in [2.05, 4.69) is 4.98 Å². The molecule has 0 fully saturated rings. The first-order chi connectivity index (χ1) is 6.69. The largest absolute Gasteiger partial charge is 0.493 e. The van der Waals surface area contributed by atoms with Crippen molar-refractivity contribution in [1.82, 2.24) is 4.98 Å². The van der Waals surface area contributed by atoms with Gasteiger partial charge in [-0.2, -0.15) is 0 Å². The minimum absolute atomic E-state index is 0.0420. The molecule has 5 nitrogen and oxygen atoms in total. The predicted molar refractivity (Wildman–Crippen MR) is 50.2 cm³/mol. The molecule has 1 amide bonds. The lowest BCUT2D eigenvalue weighted by Gasteiger charge is -2.09. The summed E-state index contributed by atoms with van der Waals surface area (Å²) in [5.74, 6) is 0.539. The van der Waals surface area contributed by atoms with Gasteiger partial charge in [0.15, 0.2) is 11.5 Å². The van der Waals surface area contributed by atoms with Crippen molar-refractivity contribution in [3.05, 3.63) is 18.0 Å². The van der Waals surface area contributed by atoms with Crippen LogP contribution in [0.5, 0.6) is 11.5 Å². The van der Waals surface area contributed by atoms with Gasteiger partial charge in [0.2, 0.25) is 5.91 Å². The lowest BCUT2D eigenvalue weighted by molar-refractivity contribution is -0.117. The molecule has 0 radical (unpaired) electrons. The summed E-state index contributed by atoms with van der Waals surface area (Å²) in [7, 11) is 3.01. The molecule has 0 saturated carbocycles. The van der Waals surface area contributed by atoms with E-state index in [0.717, 1.165) is 0 Å². The molecule has 0 atom stereocenters. The van der Waals surface area contributed by atoms with Crippen molar-refractivity contribution >= 4 is 5.91 Å². The van der Waals surface area contributed by atoms with Crippen LogP contribution in [0.3, 0.4) is 0 Å². The van der Waals surface area contributed by atoms with Gasteiger partial charge in [-0.05, 0) is 0 Å². The molecule has 0 unspecified atom stereocenters. The summed E-state index contributed by atoms with van der Waals surface area (Å²) in [4.78, 5) is 14.7. The Bertz CT molecular complexity index is 339. The number of amides is 1. The highest BCUT2D eigenvalue weighted by molar-refractivity contribution is 5.77. The van der Waals surface area contributed by atoms with Gasteiger partial charge >= 0.3 is 0 Å². The number of pyridine rings is 1. The molecule has 0 aliphatic carbocycles. The van der Waals surface area contributed by atoms with E-state index in [4.69, 9.17) is 15.2 Å². The quantitative estimate of drug-likeness (QED) is 0.742. The number of carbonyl (C=O) groups is 1. The number of hydrogen-bond donors (Lipinski definition) is 1. The first kappa shape index (κ1) is 10.3. The highest BCUT2D eigenvalue weighted by Crippen LogP contribution is 2.28. The third-order valence-corrected chi connectivity index (χ3v) is 1.71. The minimum atomic E-state index is -0.455. The Morgan fingerprint density at radius 2 is 2.21 bits per heavy atom. The molecule has 76 valence electrons. The predicted octanol–water partition coefficient (Wildman–Crippen LogP) is 0.127. The van der Waals surface area contributed by atoms with Crippen LogP contribution in [0.25, 0.3) is 0 Å². The van der Waals surface area contributed by atoms with Crippen molar-refractivity contribution in [3.63, 3.8) is 0 Å². The zero-order valence-corrected chi connectivity index (χ0v) is 8.11. The van der Waals surface area contributed by atoms with E-state index in [1.165, 1.54) is 14.2 Å². The average molecular weight is 196 g/mol. The summed E-state index contributed by atoms with van der Waals surface area (Å²) in [5, 5.41) is 0. The van der Waals surface area contributed by atoms with E-state index in [9.17, 15) is 4.79 Å². The summed E-state index contributed by atoms with van der Waals surface area (Å²) in [5.41, 5.74) is 5.55. The van der Waals surface area contributed by atoms with Gasteiger partial charge in [0, 0.05) is 12.3 Å². The van der Waals surface area contributed by atoms with Gasteiger partial charge in [-0.1, -0.05) is 0 Å². The number of ether oxygens (including phenoxy) is 2. The lowest BCUT2D eigenvalue weighted by atomic mass is 10.2. The van der Waals surface area contributed by atoms with E-state index in [0.29, 0.717) is 17.2 Å². The number of nitrogens with two attached hydrogens (primary N) is 1. The number of nitrogens with zero attached hydrogens (tertiary/aromatic N) is 1. The number of rotatable bonds is 4. The Labute approximate surface area is 81.8 Å². The Morgan fingerprint density at radius 3 is 2.71 bits per heavy atom. The fraction of sp³-hybridized carbons (Fsp3) is 0.333. The van der Waals surface area contributed by atoms with Crippen molar-refractivity contribution in [2.75, 3.05) is 14.2 Å². The number of aromatic nitrogens is 1. The van der Waals surface area contributed by atoms with Gasteiger partial charge in [0.25, 0.3) is 0 Å². The van der Waals surface area contributed by atoms with Gasteiger partial charge < -0.3 is 15.2 Å². The number of primary amides is 1. The third-order valence-electron chi connectivity index (χ3n) is 1.71. The molecule has 5 heteroatoms. The fourth-order valence-electron chi connectivity index (χ4n) is 1.14. The summed E-state index contributed by atoms with van der Waals surface area (Å²) in [6, 6.07) is 1.66. The monoisotopic (exact) mass is 196 g/mol. The Hall–Kier alpha value is -1.78. The second-order valence-electron chi connectivity index (χ2n) is 2.64. The Morgan fingerprint density at radius 1 is 1.50 bits per heavy atom. The van der Waals surface area contributed by atoms with E-state index >= 15 is 0 Å². The molecule has 0 bridgehead atoms. The van der Waals surface area contributed by atoms with Crippen LogP contribution in [0.2, 0.25) is 0 Å². The normalized spacial score (nSPS) is 9.57. The van der Waals surface area contributed by atoms with Crippen LogP contribution in [0.1, 0.15) is 5.69 Å². The standard InChI is InChI=1S/C9H12N2O3/c1-13-7-3-4-11-6(5-8(10)12)9(7)14-2/h3-4H,5H2,1-2H3,(H2,10,12). The molecule has 2 N–H and O–H groups in total. The van der Waals surface area contributed by atoms with Crippen molar-refractivity contribution < 1.29 is 14.3 Å². The first-order valence-corrected chi connectivity index (χ1v) is 4.03. The van der Waals surface area contributed by atoms with E-state index in [1.807, 2.05) is 0 Å². The topological polar surface area (TPSA) is 74.4 Å². The van der Waals surface area contributed by atoms with Crippen LogP contribution in [0, 0.1) is 0 Å². The average Bonchev–Trinajstić information content (AvgIpc) is 2.16. The second kappa shape index (κ2) is 4.45. The maximum atomic E-state index is 10.7. The van der Waals surface area contributed by atoms with Crippen LogP contribution in [-0.4, -0.2) is 25.1 Å². The molecule has 1 rings (SSSR count). The van der Waals surface area contributed by atoms with Crippen LogP contribution < -0.4 is 15.2 Å². The van der Waals surface area contributed by atoms with E-state index in [1.54, 1.807) is 12.3 Å². The third kappa shape index (κ3) is 2.12. The summed E-state index contributed by atoms with van der Waals surface area (Å²) >= 11 is 0. The number of carbonyl (C=O) groups excluding carboxylic acids is 1. The molecule has 0 aliphatic heterocycles. The molecule has 0 aromatic carbocycles. The van der Waals surface area contributed by atoms with Gasteiger partial charge in [0.1, 0.15) is 0 Å². The molecular weight excluding hydrogens is 184 g/mol. The zero-order chi connectivity index (χ0) is 10.6. The van der Waals surface area contributed by atoms with Crippen molar-refractivity contribution in [2.24, 2.45) is 5.73 Å². The van der Waals surface area contributed by atoms with Crippen molar-refractivity contribution in [3.8, 4) is 11.5 Å². The smallest absolute Gasteiger partial charge is 0.223 e. The van der Waals surface area contributed by atoms with Crippen molar-refractivity contribution in [1.29, 1.82) is 0 Å². The zero-order valence-electron chi connectivity index (χ0n) is 8.11. The Kier molecular flexibility index (Phi) is 3.28. The molecule has 0 spiro atoms. The first-order valence-electron chi connectivity index (χ1n) is 4.03. The molecule has 0 saturated heterocycles. The molecule has 1 heterocycles. The van der Waals surface area contributed by atoms with Crippen molar-refractivity contribution in [2.45, 2.75) is 6.42 Å². The minimum Gasteiger partial charge on any atom is -0.493 e. The Balaban J connectivity index is 3.08. The number of hydrogen-bond acceptors (Lipinski definition) is 4. The van der Waals surface area contributed by atoms with E-state index < -0.39 is 5.91 Å². The highest BCUT2D eigenvalue weighted by atomic mass is 16.5. The van der Waals surface area contributed by atoms with Gasteiger partial charge in [0.05, 0.1) is 26.3 Å². The summed E-state index contributed by atoms with van der Waals surface area (Å²) < 4.78 is 10.1. The molecule has 0 aliphatic rings. The molecular formula is C9H12N2O3. The van der Waals surface area contributed by atoms with Gasteiger partial charge in [-0.25, -0.2) is 0 Å². The maximum absolute atomic E-state index is 10.7. The maximum Gasteiger partial charge on any atom is 0.223 e. The molecule has 1 aromatic rings. The highest BCUT2D eigenvalue weighted by Gasteiger charge is 2.12. The number of methoxy groups -OCH3 is 2. The molecule has 1 aromatic heterocycles. The van der Waals surface area contributed by atoms with Crippen LogP contribution in [-0.2, 0) is 11.2 Å². The second-order valence-corrected chi connectivity index (χ2v) is 2.64. The summed E-state index contributed by atoms with van der Waals surface area (Å²) in [6.07, 6.45) is 1.58. The fourth-order valence-corrected chi connectivity index (χ4v) is 1.14. The molecule has 14 heavy (non-hydrogen) atoms. The lowest BCUT2D eigenvalue weighted by Crippen LogP contribution is -2.15.